The van der Waals surface area contributed by atoms with E-state index in [1.807, 2.05) is 0 Å². The van der Waals surface area contributed by atoms with E-state index in [2.05, 4.69) is 11.1 Å². The van der Waals surface area contributed by atoms with E-state index >= 15 is 0 Å². The molecule has 0 spiro atoms. The van der Waals surface area contributed by atoms with Crippen LogP contribution < -0.4 is 4.90 Å². The molecule has 0 radical (unpaired) electrons. The first-order valence-electron chi connectivity index (χ1n) is 9.30. The molecule has 0 N–H and O–H groups in total. The summed E-state index contributed by atoms with van der Waals surface area (Å²) in [5.74, 6) is -0.306. The summed E-state index contributed by atoms with van der Waals surface area (Å²) in [7, 11) is 0. The third kappa shape index (κ3) is 1.99. The van der Waals surface area contributed by atoms with Gasteiger partial charge in [0.25, 0.3) is 5.91 Å². The number of hydrogen-bond donors (Lipinski definition) is 0. The van der Waals surface area contributed by atoms with Gasteiger partial charge in [-0.05, 0) is 30.7 Å². The van der Waals surface area contributed by atoms with E-state index in [9.17, 15) is 19.6 Å². The van der Waals surface area contributed by atoms with Gasteiger partial charge in [0, 0.05) is 24.5 Å². The van der Waals surface area contributed by atoms with Crippen molar-refractivity contribution in [3.63, 3.8) is 0 Å². The average Bonchev–Trinajstić information content (AvgIpc) is 3.38. The summed E-state index contributed by atoms with van der Waals surface area (Å²) >= 11 is 0. The van der Waals surface area contributed by atoms with Gasteiger partial charge in [-0.3, -0.25) is 14.6 Å². The number of imide groups is 1. The number of fused-ring (bicyclic) bond motifs is 6. The van der Waals surface area contributed by atoms with Crippen LogP contribution >= 0.6 is 0 Å². The molecule has 1 aromatic carbocycles. The molecule has 28 heavy (non-hydrogen) atoms. The summed E-state index contributed by atoms with van der Waals surface area (Å²) in [5.41, 5.74) is 1.28. The van der Waals surface area contributed by atoms with E-state index in [4.69, 9.17) is 0 Å². The van der Waals surface area contributed by atoms with Crippen LogP contribution in [0.15, 0.2) is 30.5 Å². The fraction of sp³-hybridized carbons (Fsp3) is 0.350. The summed E-state index contributed by atoms with van der Waals surface area (Å²) in [6.07, 6.45) is 2.61. The number of nitrogens with zero attached hydrogens (tertiary/aromatic N) is 5. The van der Waals surface area contributed by atoms with Crippen LogP contribution in [-0.4, -0.2) is 57.3 Å². The van der Waals surface area contributed by atoms with Crippen molar-refractivity contribution in [3.8, 4) is 6.07 Å². The minimum atomic E-state index is -0.635. The number of nitriles is 1. The molecule has 3 aliphatic heterocycles. The summed E-state index contributed by atoms with van der Waals surface area (Å²) in [6.45, 7) is 2.28. The van der Waals surface area contributed by atoms with Crippen LogP contribution in [-0.2, 0) is 9.59 Å². The quantitative estimate of drug-likeness (QED) is 0.743. The van der Waals surface area contributed by atoms with Crippen LogP contribution in [0.3, 0.4) is 0 Å². The zero-order valence-corrected chi connectivity index (χ0v) is 15.2. The van der Waals surface area contributed by atoms with Crippen molar-refractivity contribution in [2.24, 2.45) is 0 Å². The Morgan fingerprint density at radius 2 is 2.14 bits per heavy atom. The normalized spacial score (nSPS) is 25.6. The number of rotatable bonds is 2. The van der Waals surface area contributed by atoms with Crippen LogP contribution in [0.1, 0.15) is 25.3 Å². The predicted octanol–water partition coefficient (Wildman–Crippen LogP) is 1.64. The van der Waals surface area contributed by atoms with Crippen molar-refractivity contribution in [2.45, 2.75) is 37.9 Å². The molecule has 2 unspecified atom stereocenters. The first-order chi connectivity index (χ1) is 13.6. The molecule has 8 nitrogen and oxygen atoms in total. The molecule has 3 atom stereocenters. The van der Waals surface area contributed by atoms with Crippen LogP contribution in [0.2, 0.25) is 0 Å². The van der Waals surface area contributed by atoms with E-state index in [0.717, 1.165) is 0 Å². The van der Waals surface area contributed by atoms with Crippen LogP contribution in [0.5, 0.6) is 0 Å². The van der Waals surface area contributed by atoms with Gasteiger partial charge in [-0.25, -0.2) is 9.69 Å². The second-order valence-electron chi connectivity index (χ2n) is 7.31. The Hall–Kier alpha value is -3.47. The third-order valence-corrected chi connectivity index (χ3v) is 6.00. The van der Waals surface area contributed by atoms with Crippen molar-refractivity contribution in [1.82, 2.24) is 14.8 Å². The zero-order valence-electron chi connectivity index (χ0n) is 15.2. The molecule has 4 amide bonds. The molecule has 0 aliphatic carbocycles. The summed E-state index contributed by atoms with van der Waals surface area (Å²) in [4.78, 5) is 47.5. The molecule has 2 aromatic rings. The smallest absolute Gasteiger partial charge is 0.332 e. The molecule has 3 aliphatic rings. The predicted molar refractivity (Wildman–Crippen MR) is 99.2 cm³/mol. The maximum Gasteiger partial charge on any atom is 0.332 e. The first kappa shape index (κ1) is 16.7. The van der Waals surface area contributed by atoms with Crippen molar-refractivity contribution >= 4 is 34.4 Å². The highest BCUT2D eigenvalue weighted by Crippen LogP contribution is 2.43. The number of carbonyl (C=O) groups is 3. The second-order valence-corrected chi connectivity index (χ2v) is 7.31. The highest BCUT2D eigenvalue weighted by atomic mass is 16.2. The molecule has 8 heteroatoms. The highest BCUT2D eigenvalue weighted by Gasteiger charge is 2.62. The Balaban J connectivity index is 1.59. The van der Waals surface area contributed by atoms with Crippen molar-refractivity contribution < 1.29 is 14.4 Å². The largest absolute Gasteiger partial charge is 0.335 e. The lowest BCUT2D eigenvalue weighted by Crippen LogP contribution is -2.54. The molecule has 1 aromatic heterocycles. The third-order valence-electron chi connectivity index (χ3n) is 6.00. The molecule has 3 saturated heterocycles. The molecular formula is C20H17N5O3. The van der Waals surface area contributed by atoms with Gasteiger partial charge in [0.2, 0.25) is 5.91 Å². The summed E-state index contributed by atoms with van der Waals surface area (Å²) < 4.78 is 0. The van der Waals surface area contributed by atoms with Gasteiger partial charge in [-0.2, -0.15) is 5.26 Å². The van der Waals surface area contributed by atoms with E-state index in [1.54, 1.807) is 47.2 Å². The van der Waals surface area contributed by atoms with Gasteiger partial charge in [-0.15, -0.1) is 0 Å². The van der Waals surface area contributed by atoms with Crippen LogP contribution in [0.25, 0.3) is 10.9 Å². The highest BCUT2D eigenvalue weighted by molar-refractivity contribution is 6.25. The average molecular weight is 375 g/mol. The number of piperazine rings is 1. The molecule has 5 rings (SSSR count). The number of pyridine rings is 1. The second kappa shape index (κ2) is 5.76. The first-order valence-corrected chi connectivity index (χ1v) is 9.30. The van der Waals surface area contributed by atoms with E-state index in [0.29, 0.717) is 41.5 Å². The van der Waals surface area contributed by atoms with Gasteiger partial charge >= 0.3 is 6.03 Å². The fourth-order valence-corrected chi connectivity index (χ4v) is 4.81. The topological polar surface area (TPSA) is 97.6 Å². The number of likely N-dealkylation sites (tertiary alicyclic amines) is 1. The number of benzene rings is 1. The molecular weight excluding hydrogens is 358 g/mol. The lowest BCUT2D eigenvalue weighted by atomic mass is 10.1. The zero-order chi connectivity index (χ0) is 19.6. The lowest BCUT2D eigenvalue weighted by molar-refractivity contribution is -0.135. The minimum Gasteiger partial charge on any atom is -0.335 e. The monoisotopic (exact) mass is 375 g/mol. The van der Waals surface area contributed by atoms with Gasteiger partial charge in [0.15, 0.2) is 0 Å². The van der Waals surface area contributed by atoms with Crippen LogP contribution in [0, 0.1) is 11.3 Å². The Morgan fingerprint density at radius 3 is 2.89 bits per heavy atom. The number of anilines is 1. The Bertz CT molecular complexity index is 1090. The number of hydrogen-bond acceptors (Lipinski definition) is 5. The summed E-state index contributed by atoms with van der Waals surface area (Å²) in [5, 5.41) is 9.91. The maximum absolute atomic E-state index is 13.3. The van der Waals surface area contributed by atoms with Crippen molar-refractivity contribution in [2.75, 3.05) is 11.4 Å². The molecule has 2 bridgehead atoms. The fourth-order valence-electron chi connectivity index (χ4n) is 4.81. The minimum absolute atomic E-state index is 0.0128. The molecule has 3 fully saturated rings. The van der Waals surface area contributed by atoms with E-state index < -0.39 is 6.04 Å². The number of carbonyl (C=O) groups excluding carboxylic acids is 3. The van der Waals surface area contributed by atoms with Gasteiger partial charge in [0.1, 0.15) is 12.1 Å². The molecule has 140 valence electrons. The van der Waals surface area contributed by atoms with Gasteiger partial charge in [0.05, 0.1) is 28.9 Å². The molecule has 0 saturated carbocycles. The number of urea groups is 1. The summed E-state index contributed by atoms with van der Waals surface area (Å²) in [6, 6.07) is 7.37. The maximum atomic E-state index is 13.3. The SMILES string of the molecule is CCC(=O)N1CC2CC1[C@@H]1C(=O)N(c3ccc(C#N)c4ncccc34)C(=O)N21. The standard InChI is InChI=1S/C20H17N5O3/c1-2-16(26)23-10-12-8-15(23)18-19(27)25(20(28)24(12)18)14-6-5-11(9-21)17-13(14)4-3-7-22-17/h3-7,12,15,18H,2,8,10H2,1H3/t12?,15?,18-/m1/s1. The van der Waals surface area contributed by atoms with E-state index in [1.165, 1.54) is 4.90 Å². The van der Waals surface area contributed by atoms with Crippen LogP contribution in [0.4, 0.5) is 10.5 Å². The molecule has 4 heterocycles. The van der Waals surface area contributed by atoms with E-state index in [-0.39, 0.29) is 29.9 Å². The Labute approximate surface area is 160 Å². The number of amides is 4. The van der Waals surface area contributed by atoms with Crippen molar-refractivity contribution in [1.29, 1.82) is 5.26 Å². The number of aromatic nitrogens is 1. The lowest BCUT2D eigenvalue weighted by Gasteiger charge is -2.34. The van der Waals surface area contributed by atoms with Crippen molar-refractivity contribution in [3.05, 3.63) is 36.0 Å². The van der Waals surface area contributed by atoms with Gasteiger partial charge in [-0.1, -0.05) is 6.92 Å². The van der Waals surface area contributed by atoms with Gasteiger partial charge < -0.3 is 9.80 Å². The Kier molecular flexibility index (Phi) is 3.43. The Morgan fingerprint density at radius 1 is 1.32 bits per heavy atom.